The second-order valence-electron chi connectivity index (χ2n) is 13.2. The fourth-order valence-corrected chi connectivity index (χ4v) is 11.5. The van der Waals surface area contributed by atoms with E-state index in [1.165, 1.54) is 17.0 Å². The number of nitrogens with one attached hydrogen (secondary N) is 2. The van der Waals surface area contributed by atoms with Crippen LogP contribution in [0.3, 0.4) is 0 Å². The third kappa shape index (κ3) is 5.74. The number of anilines is 2. The van der Waals surface area contributed by atoms with Crippen molar-refractivity contribution in [1.29, 1.82) is 0 Å². The van der Waals surface area contributed by atoms with Gasteiger partial charge >= 0.3 is 11.0 Å². The summed E-state index contributed by atoms with van der Waals surface area (Å²) >= 11 is 2.73. The van der Waals surface area contributed by atoms with Gasteiger partial charge in [0, 0.05) is 21.7 Å². The number of hydrogen-bond donors (Lipinski definition) is 2. The molecule has 3 heterocycles. The molecule has 2 aliphatic carbocycles. The van der Waals surface area contributed by atoms with Gasteiger partial charge in [0.2, 0.25) is 11.8 Å². The summed E-state index contributed by atoms with van der Waals surface area (Å²) in [5, 5.41) is 3.18. The molecule has 0 spiro atoms. The van der Waals surface area contributed by atoms with Crippen molar-refractivity contribution in [1.82, 2.24) is 4.98 Å². The van der Waals surface area contributed by atoms with E-state index in [0.717, 1.165) is 45.4 Å². The first kappa shape index (κ1) is 34.3. The summed E-state index contributed by atoms with van der Waals surface area (Å²) in [4.78, 5) is 58.5. The van der Waals surface area contributed by atoms with E-state index >= 15 is 0 Å². The molecule has 15 heteroatoms. The Morgan fingerprint density at radius 2 is 1.71 bits per heavy atom. The van der Waals surface area contributed by atoms with Gasteiger partial charge in [-0.2, -0.15) is 13.2 Å². The maximum atomic E-state index is 14.1. The van der Waals surface area contributed by atoms with E-state index in [4.69, 9.17) is 14.2 Å². The number of rotatable bonds is 9. The number of thiazole rings is 1. The highest BCUT2D eigenvalue weighted by atomic mass is 32.2. The Morgan fingerprint density at radius 1 is 0.962 bits per heavy atom. The molecule has 4 aromatic rings. The normalized spacial score (nSPS) is 25.8. The highest BCUT2D eigenvalue weighted by Gasteiger charge is 2.69. The highest BCUT2D eigenvalue weighted by molar-refractivity contribution is 8.00. The van der Waals surface area contributed by atoms with E-state index in [9.17, 15) is 32.3 Å². The van der Waals surface area contributed by atoms with E-state index in [1.54, 1.807) is 56.1 Å². The molecule has 3 amide bonds. The van der Waals surface area contributed by atoms with Crippen LogP contribution in [0.5, 0.6) is 17.2 Å². The topological polar surface area (TPSA) is 127 Å². The predicted octanol–water partition coefficient (Wildman–Crippen LogP) is 6.56. The van der Waals surface area contributed by atoms with Crippen molar-refractivity contribution in [2.45, 2.75) is 35.7 Å². The maximum Gasteiger partial charge on any atom is 0.416 e. The number of halogens is 3. The summed E-state index contributed by atoms with van der Waals surface area (Å²) in [6, 6.07) is 16.6. The Morgan fingerprint density at radius 3 is 2.42 bits per heavy atom. The van der Waals surface area contributed by atoms with Crippen LogP contribution in [-0.2, 0) is 20.6 Å². The average molecular weight is 752 g/mol. The number of carbonyl (C=O) groups excluding carboxylic acids is 3. The van der Waals surface area contributed by atoms with Gasteiger partial charge in [0.1, 0.15) is 5.75 Å². The number of hydrogen-bond acceptors (Lipinski definition) is 9. The van der Waals surface area contributed by atoms with Crippen molar-refractivity contribution >= 4 is 52.2 Å². The molecular weight excluding hydrogens is 720 g/mol. The SMILES string of the molecule is CCOc1cc([C@@H]2c3sc(=O)[nH]c3S[C@@H]3[C@@H]4C[C@@H]([C@@H]5C(=O)N(c6ccc(OC)cc6)C(=O)[C@@H]45)[C@H]23)ccc1OCC(=O)Nc1cccc(C(F)(F)F)c1. The minimum absolute atomic E-state index is 0.0162. The van der Waals surface area contributed by atoms with E-state index < -0.39 is 36.1 Å². The number of thioether (sulfide) groups is 1. The van der Waals surface area contributed by atoms with Gasteiger partial charge in [-0.1, -0.05) is 23.5 Å². The smallest absolute Gasteiger partial charge is 0.416 e. The van der Waals surface area contributed by atoms with Crippen LogP contribution in [-0.4, -0.2) is 48.3 Å². The maximum absolute atomic E-state index is 14.1. The van der Waals surface area contributed by atoms with Crippen LogP contribution >= 0.6 is 23.1 Å². The largest absolute Gasteiger partial charge is 0.497 e. The molecule has 2 saturated carbocycles. The molecule has 2 aliphatic heterocycles. The van der Waals surface area contributed by atoms with Gasteiger partial charge in [0.25, 0.3) is 5.91 Å². The number of benzene rings is 3. The van der Waals surface area contributed by atoms with Crippen LogP contribution in [0.1, 0.15) is 35.3 Å². The minimum atomic E-state index is -4.55. The summed E-state index contributed by atoms with van der Waals surface area (Å²) in [6.45, 7) is 1.59. The van der Waals surface area contributed by atoms with Crippen LogP contribution in [0.15, 0.2) is 76.6 Å². The van der Waals surface area contributed by atoms with E-state index in [2.05, 4.69) is 10.3 Å². The summed E-state index contributed by atoms with van der Waals surface area (Å²) in [5.74, 6) is -1.25. The second kappa shape index (κ2) is 13.0. The first-order chi connectivity index (χ1) is 25.0. The van der Waals surface area contributed by atoms with Gasteiger partial charge in [-0.05, 0) is 91.3 Å². The lowest BCUT2D eigenvalue weighted by molar-refractivity contribution is -0.137. The van der Waals surface area contributed by atoms with Crippen molar-refractivity contribution in [3.05, 3.63) is 92.4 Å². The zero-order chi connectivity index (χ0) is 36.5. The summed E-state index contributed by atoms with van der Waals surface area (Å²) in [6.07, 6.45) is -3.83. The number of carbonyl (C=O) groups is 3. The zero-order valence-corrected chi connectivity index (χ0v) is 29.4. The van der Waals surface area contributed by atoms with Gasteiger partial charge in [0.05, 0.1) is 41.8 Å². The first-order valence-corrected chi connectivity index (χ1v) is 18.4. The monoisotopic (exact) mass is 751 g/mol. The molecule has 4 aliphatic rings. The molecular formula is C37H32F3N3O7S2. The molecule has 7 atom stereocenters. The van der Waals surface area contributed by atoms with Gasteiger partial charge in [-0.15, -0.1) is 11.8 Å². The van der Waals surface area contributed by atoms with Crippen molar-refractivity contribution in [2.24, 2.45) is 29.6 Å². The van der Waals surface area contributed by atoms with E-state index in [-0.39, 0.29) is 63.7 Å². The van der Waals surface area contributed by atoms with Gasteiger partial charge < -0.3 is 24.5 Å². The molecule has 2 N–H and O–H groups in total. The number of H-pyrrole nitrogens is 1. The van der Waals surface area contributed by atoms with Crippen molar-refractivity contribution in [2.75, 3.05) is 30.5 Å². The molecule has 270 valence electrons. The number of amides is 3. The highest BCUT2D eigenvalue weighted by Crippen LogP contribution is 2.69. The standard InChI is InChI=1S/C37H32F3N3O7S2/c1-3-49-25-13-17(7-12-24(25)50-16-26(44)41-19-6-4-5-18(14-19)37(38,39)40)27-28-22-15-23(31(28)51-33-32(27)52-36(47)42-33)30-29(22)34(45)43(35(30)46)20-8-10-21(48-2)11-9-20/h4-14,22-23,27-31H,3,15-16H2,1-2H3,(H,41,44)(H,42,47)/t22-,23-,27+,28-,29+,30+,31-/m1/s1. The second-order valence-corrected chi connectivity index (χ2v) is 15.4. The molecule has 3 aromatic carbocycles. The lowest BCUT2D eigenvalue weighted by Gasteiger charge is -2.43. The molecule has 10 nitrogen and oxygen atoms in total. The number of aromatic nitrogens is 1. The average Bonchev–Trinajstić information content (AvgIpc) is 3.86. The molecule has 52 heavy (non-hydrogen) atoms. The molecule has 2 bridgehead atoms. The van der Waals surface area contributed by atoms with E-state index in [0.29, 0.717) is 17.2 Å². The summed E-state index contributed by atoms with van der Waals surface area (Å²) < 4.78 is 56.5. The third-order valence-corrected chi connectivity index (χ3v) is 13.1. The number of imide groups is 1. The Hall–Kier alpha value is -4.76. The third-order valence-electron chi connectivity index (χ3n) is 10.5. The Balaban J connectivity index is 1.07. The van der Waals surface area contributed by atoms with Gasteiger partial charge in [-0.25, -0.2) is 0 Å². The number of nitrogens with zero attached hydrogens (tertiary/aromatic N) is 1. The fourth-order valence-electron chi connectivity index (χ4n) is 8.60. The van der Waals surface area contributed by atoms with Crippen LogP contribution in [0.25, 0.3) is 0 Å². The Kier molecular flexibility index (Phi) is 8.60. The van der Waals surface area contributed by atoms with Crippen molar-refractivity contribution < 1.29 is 41.8 Å². The predicted molar refractivity (Wildman–Crippen MR) is 187 cm³/mol. The number of methoxy groups -OCH3 is 1. The minimum Gasteiger partial charge on any atom is -0.497 e. The Bertz CT molecular complexity index is 2140. The quantitative estimate of drug-likeness (QED) is 0.184. The van der Waals surface area contributed by atoms with Crippen molar-refractivity contribution in [3.63, 3.8) is 0 Å². The molecule has 0 unspecified atom stereocenters. The summed E-state index contributed by atoms with van der Waals surface area (Å²) in [5.41, 5.74) is 0.450. The lowest BCUT2D eigenvalue weighted by Crippen LogP contribution is -2.42. The molecule has 8 rings (SSSR count). The lowest BCUT2D eigenvalue weighted by atomic mass is 9.68. The van der Waals surface area contributed by atoms with Crippen LogP contribution in [0, 0.1) is 29.6 Å². The molecule has 0 radical (unpaired) electrons. The number of ether oxygens (including phenoxy) is 3. The summed E-state index contributed by atoms with van der Waals surface area (Å²) in [7, 11) is 1.55. The number of fused-ring (bicyclic) bond motifs is 9. The van der Waals surface area contributed by atoms with Crippen LogP contribution in [0.4, 0.5) is 24.5 Å². The number of alkyl halides is 3. The van der Waals surface area contributed by atoms with Gasteiger partial charge in [-0.3, -0.25) is 24.1 Å². The molecule has 1 aromatic heterocycles. The Labute approximate surface area is 303 Å². The number of aromatic amines is 1. The van der Waals surface area contributed by atoms with Crippen LogP contribution in [0.2, 0.25) is 0 Å². The van der Waals surface area contributed by atoms with Gasteiger partial charge in [0.15, 0.2) is 18.1 Å². The first-order valence-electron chi connectivity index (χ1n) is 16.7. The van der Waals surface area contributed by atoms with Crippen molar-refractivity contribution in [3.8, 4) is 17.2 Å². The zero-order valence-electron chi connectivity index (χ0n) is 27.8. The molecule has 1 saturated heterocycles. The molecule has 3 fully saturated rings. The van der Waals surface area contributed by atoms with E-state index in [1.807, 2.05) is 12.1 Å². The fraction of sp³-hybridized carbons (Fsp3) is 0.351. The van der Waals surface area contributed by atoms with Crippen LogP contribution < -0.4 is 29.3 Å².